The first-order valence-corrected chi connectivity index (χ1v) is 9.59. The van der Waals surface area contributed by atoms with E-state index in [1.807, 2.05) is 27.0 Å². The maximum atomic E-state index is 12.4. The molecule has 2 rings (SSSR count). The Bertz CT molecular complexity index is 626. The van der Waals surface area contributed by atoms with Crippen molar-refractivity contribution in [2.24, 2.45) is 0 Å². The van der Waals surface area contributed by atoms with Crippen LogP contribution in [0.2, 0.25) is 0 Å². The zero-order valence-corrected chi connectivity index (χ0v) is 16.9. The second-order valence-corrected chi connectivity index (χ2v) is 9.60. The lowest BCUT2D eigenvalue weighted by molar-refractivity contribution is -0.138. The molecular formula is C19H27ClN2OS. The van der Waals surface area contributed by atoms with E-state index >= 15 is 0 Å². The lowest BCUT2D eigenvalue weighted by atomic mass is 9.87. The lowest BCUT2D eigenvalue weighted by Gasteiger charge is -2.39. The Labute approximate surface area is 154 Å². The Kier molecular flexibility index (Phi) is 5.61. The molecule has 0 radical (unpaired) electrons. The third-order valence-corrected chi connectivity index (χ3v) is 5.63. The molecule has 1 atom stereocenters. The number of nitrogens with zero attached hydrogens (tertiary/aromatic N) is 1. The van der Waals surface area contributed by atoms with Crippen LogP contribution in [0.3, 0.4) is 0 Å². The van der Waals surface area contributed by atoms with Crippen molar-refractivity contribution in [3.63, 3.8) is 0 Å². The monoisotopic (exact) mass is 366 g/mol. The first-order valence-electron chi connectivity index (χ1n) is 8.17. The van der Waals surface area contributed by atoms with Gasteiger partial charge in [0.05, 0.1) is 5.54 Å². The number of hydrogen-bond donors (Lipinski definition) is 1. The highest BCUT2D eigenvalue weighted by molar-refractivity contribution is 8.02. The van der Waals surface area contributed by atoms with Crippen LogP contribution in [0.5, 0.6) is 0 Å². The van der Waals surface area contributed by atoms with Crippen LogP contribution in [0, 0.1) is 0 Å². The maximum Gasteiger partial charge on any atom is 0.264 e. The SMILES string of the molecule is CC(C)(C)c1ccc(CSC2=CNN(C(C)(C)C)C(=O)C2Cl)cc1. The summed E-state index contributed by atoms with van der Waals surface area (Å²) < 4.78 is 0. The summed E-state index contributed by atoms with van der Waals surface area (Å²) in [7, 11) is 0. The largest absolute Gasteiger partial charge is 0.302 e. The summed E-state index contributed by atoms with van der Waals surface area (Å²) in [5.41, 5.74) is 5.47. The van der Waals surface area contributed by atoms with Gasteiger partial charge in [0.1, 0.15) is 5.38 Å². The Hall–Kier alpha value is -1.13. The maximum absolute atomic E-state index is 12.4. The van der Waals surface area contributed by atoms with E-state index in [9.17, 15) is 4.79 Å². The van der Waals surface area contributed by atoms with Crippen molar-refractivity contribution >= 4 is 29.3 Å². The van der Waals surface area contributed by atoms with Gasteiger partial charge in [0.15, 0.2) is 0 Å². The van der Waals surface area contributed by atoms with Crippen LogP contribution < -0.4 is 5.43 Å². The minimum atomic E-state index is -0.621. The summed E-state index contributed by atoms with van der Waals surface area (Å²) in [6.07, 6.45) is 1.85. The number of carbonyl (C=O) groups is 1. The summed E-state index contributed by atoms with van der Waals surface area (Å²) in [5, 5.41) is 0.969. The zero-order valence-electron chi connectivity index (χ0n) is 15.3. The van der Waals surface area contributed by atoms with Crippen molar-refractivity contribution in [2.45, 2.75) is 63.6 Å². The topological polar surface area (TPSA) is 32.3 Å². The molecule has 5 heteroatoms. The molecule has 1 amide bonds. The van der Waals surface area contributed by atoms with E-state index in [1.54, 1.807) is 16.8 Å². The van der Waals surface area contributed by atoms with Crippen LogP contribution >= 0.6 is 23.4 Å². The van der Waals surface area contributed by atoms with Crippen molar-refractivity contribution in [1.82, 2.24) is 10.4 Å². The van der Waals surface area contributed by atoms with Gasteiger partial charge in [-0.3, -0.25) is 4.79 Å². The molecule has 1 heterocycles. The number of alkyl halides is 1. The molecule has 0 saturated heterocycles. The number of benzene rings is 1. The van der Waals surface area contributed by atoms with Crippen LogP contribution in [0.25, 0.3) is 0 Å². The van der Waals surface area contributed by atoms with Crippen molar-refractivity contribution in [2.75, 3.05) is 0 Å². The average molecular weight is 367 g/mol. The molecule has 132 valence electrons. The number of hydrazine groups is 1. The molecule has 0 spiro atoms. The number of amides is 1. The number of hydrogen-bond acceptors (Lipinski definition) is 3. The average Bonchev–Trinajstić information content (AvgIpc) is 2.47. The van der Waals surface area contributed by atoms with Crippen LogP contribution in [-0.2, 0) is 16.0 Å². The molecule has 0 bridgehead atoms. The van der Waals surface area contributed by atoms with Crippen LogP contribution in [0.4, 0.5) is 0 Å². The second-order valence-electron chi connectivity index (χ2n) is 8.12. The van der Waals surface area contributed by atoms with Crippen molar-refractivity contribution in [1.29, 1.82) is 0 Å². The standard InChI is InChI=1S/C19H27ClN2OS/c1-18(2,3)14-9-7-13(8-10-14)12-24-15-11-21-22(19(4,5)6)17(23)16(15)20/h7-11,16,21H,12H2,1-6H3. The highest BCUT2D eigenvalue weighted by atomic mass is 35.5. The van der Waals surface area contributed by atoms with Crippen molar-refractivity contribution < 1.29 is 4.79 Å². The Morgan fingerprint density at radius 2 is 1.71 bits per heavy atom. The number of nitrogens with one attached hydrogen (secondary N) is 1. The van der Waals surface area contributed by atoms with Crippen LogP contribution in [0.1, 0.15) is 52.7 Å². The highest BCUT2D eigenvalue weighted by Crippen LogP contribution is 2.32. The summed E-state index contributed by atoms with van der Waals surface area (Å²) in [4.78, 5) is 13.3. The molecular weight excluding hydrogens is 340 g/mol. The van der Waals surface area contributed by atoms with E-state index in [-0.39, 0.29) is 16.9 Å². The van der Waals surface area contributed by atoms with Gasteiger partial charge in [-0.1, -0.05) is 45.0 Å². The second kappa shape index (κ2) is 7.01. The molecule has 1 aliphatic heterocycles. The van der Waals surface area contributed by atoms with E-state index < -0.39 is 5.38 Å². The smallest absolute Gasteiger partial charge is 0.264 e. The fourth-order valence-corrected chi connectivity index (χ4v) is 3.67. The molecule has 1 N–H and O–H groups in total. The van der Waals surface area contributed by atoms with Gasteiger partial charge in [-0.05, 0) is 37.3 Å². The summed E-state index contributed by atoms with van der Waals surface area (Å²) in [6.45, 7) is 12.6. The fraction of sp³-hybridized carbons (Fsp3) is 0.526. The number of halogens is 1. The third-order valence-electron chi connectivity index (χ3n) is 3.92. The predicted octanol–water partition coefficient (Wildman–Crippen LogP) is 4.81. The quantitative estimate of drug-likeness (QED) is 0.779. The zero-order chi connectivity index (χ0) is 18.1. The lowest BCUT2D eigenvalue weighted by Crippen LogP contribution is -2.57. The van der Waals surface area contributed by atoms with Crippen LogP contribution in [-0.4, -0.2) is 21.8 Å². The third kappa shape index (κ3) is 4.48. The van der Waals surface area contributed by atoms with E-state index in [1.165, 1.54) is 11.1 Å². The van der Waals surface area contributed by atoms with E-state index in [0.717, 1.165) is 10.7 Å². The van der Waals surface area contributed by atoms with Gasteiger partial charge in [-0.15, -0.1) is 23.4 Å². The molecule has 24 heavy (non-hydrogen) atoms. The normalized spacial score (nSPS) is 19.1. The number of rotatable bonds is 3. The summed E-state index contributed by atoms with van der Waals surface area (Å²) >= 11 is 7.97. The first kappa shape index (κ1) is 19.2. The first-order chi connectivity index (χ1) is 11.0. The molecule has 0 saturated carbocycles. The Balaban J connectivity index is 2.02. The van der Waals surface area contributed by atoms with Gasteiger partial charge in [-0.25, -0.2) is 5.01 Å². The molecule has 0 aromatic heterocycles. The van der Waals surface area contributed by atoms with Gasteiger partial charge < -0.3 is 5.43 Å². The van der Waals surface area contributed by atoms with E-state index in [4.69, 9.17) is 11.6 Å². The van der Waals surface area contributed by atoms with E-state index in [2.05, 4.69) is 50.5 Å². The Morgan fingerprint density at radius 3 is 2.21 bits per heavy atom. The van der Waals surface area contributed by atoms with Crippen LogP contribution in [0.15, 0.2) is 35.4 Å². The van der Waals surface area contributed by atoms with Gasteiger partial charge in [0.25, 0.3) is 5.91 Å². The summed E-state index contributed by atoms with van der Waals surface area (Å²) in [5.74, 6) is 0.696. The highest BCUT2D eigenvalue weighted by Gasteiger charge is 2.35. The van der Waals surface area contributed by atoms with Gasteiger partial charge in [0.2, 0.25) is 0 Å². The minimum Gasteiger partial charge on any atom is -0.302 e. The van der Waals surface area contributed by atoms with E-state index in [0.29, 0.717) is 0 Å². The minimum absolute atomic E-state index is 0.0998. The molecule has 3 nitrogen and oxygen atoms in total. The van der Waals surface area contributed by atoms with Gasteiger partial charge in [0, 0.05) is 16.9 Å². The Morgan fingerprint density at radius 1 is 1.12 bits per heavy atom. The molecule has 1 aromatic rings. The summed E-state index contributed by atoms with van der Waals surface area (Å²) in [6, 6.07) is 8.65. The predicted molar refractivity (Wildman–Crippen MR) is 104 cm³/mol. The molecule has 1 aromatic carbocycles. The van der Waals surface area contributed by atoms with Gasteiger partial charge >= 0.3 is 0 Å². The fourth-order valence-electron chi connectivity index (χ4n) is 2.41. The molecule has 0 aliphatic carbocycles. The molecule has 0 fully saturated rings. The number of carbonyl (C=O) groups excluding carboxylic acids is 1. The van der Waals surface area contributed by atoms with Crippen molar-refractivity contribution in [3.8, 4) is 0 Å². The van der Waals surface area contributed by atoms with Crippen molar-refractivity contribution in [3.05, 3.63) is 46.5 Å². The number of thioether (sulfide) groups is 1. The van der Waals surface area contributed by atoms with Gasteiger partial charge in [-0.2, -0.15) is 0 Å². The molecule has 1 unspecified atom stereocenters. The molecule has 1 aliphatic rings.